The van der Waals surface area contributed by atoms with Crippen molar-refractivity contribution in [3.8, 4) is 0 Å². The third-order valence-electron chi connectivity index (χ3n) is 4.11. The summed E-state index contributed by atoms with van der Waals surface area (Å²) in [7, 11) is -3.21. The Bertz CT molecular complexity index is 611. The molecule has 0 radical (unpaired) electrons. The van der Waals surface area contributed by atoms with E-state index in [1.807, 2.05) is 24.3 Å². The van der Waals surface area contributed by atoms with Gasteiger partial charge in [-0.15, -0.1) is 0 Å². The molecule has 0 heterocycles. The first-order valence-electron chi connectivity index (χ1n) is 7.68. The summed E-state index contributed by atoms with van der Waals surface area (Å²) in [5.74, 6) is 1.23. The van der Waals surface area contributed by atoms with E-state index in [0.717, 1.165) is 12.2 Å². The molecule has 0 aromatic heterocycles. The Morgan fingerprint density at radius 1 is 1.18 bits per heavy atom. The highest BCUT2D eigenvalue weighted by Gasteiger charge is 2.22. The fraction of sp³-hybridized carbons (Fsp3) is 0.562. The lowest BCUT2D eigenvalue weighted by Crippen LogP contribution is -2.34. The maximum atomic E-state index is 12.0. The van der Waals surface area contributed by atoms with Crippen molar-refractivity contribution in [3.05, 3.63) is 35.4 Å². The molecular weight excluding hydrogens is 300 g/mol. The van der Waals surface area contributed by atoms with E-state index in [1.54, 1.807) is 0 Å². The molecule has 6 heteroatoms. The van der Waals surface area contributed by atoms with Crippen LogP contribution in [0.15, 0.2) is 24.3 Å². The summed E-state index contributed by atoms with van der Waals surface area (Å²) in [6, 6.07) is 7.76. The van der Waals surface area contributed by atoms with Crippen LogP contribution in [0, 0.1) is 5.92 Å². The minimum atomic E-state index is -3.21. The molecule has 2 N–H and O–H groups in total. The van der Waals surface area contributed by atoms with E-state index in [4.69, 9.17) is 0 Å². The summed E-state index contributed by atoms with van der Waals surface area (Å²) in [6.07, 6.45) is 4.82. The SMILES string of the molecule is CC1CC[C@H](c2ccc(C(=O)NCCNS(C)(=O)=O)cc2)C1. The van der Waals surface area contributed by atoms with E-state index in [9.17, 15) is 13.2 Å². The van der Waals surface area contributed by atoms with Crippen LogP contribution in [0.25, 0.3) is 0 Å². The lowest BCUT2D eigenvalue weighted by molar-refractivity contribution is 0.0954. The number of hydrogen-bond acceptors (Lipinski definition) is 3. The molecule has 1 aromatic carbocycles. The summed E-state index contributed by atoms with van der Waals surface area (Å²) in [6.45, 7) is 2.75. The van der Waals surface area contributed by atoms with Crippen molar-refractivity contribution in [2.75, 3.05) is 19.3 Å². The van der Waals surface area contributed by atoms with Gasteiger partial charge in [-0.1, -0.05) is 25.5 Å². The Morgan fingerprint density at radius 2 is 1.86 bits per heavy atom. The summed E-state index contributed by atoms with van der Waals surface area (Å²) < 4.78 is 24.2. The van der Waals surface area contributed by atoms with Crippen LogP contribution in [0.5, 0.6) is 0 Å². The highest BCUT2D eigenvalue weighted by molar-refractivity contribution is 7.88. The smallest absolute Gasteiger partial charge is 0.251 e. The number of sulfonamides is 1. The Hall–Kier alpha value is -1.40. The van der Waals surface area contributed by atoms with Crippen LogP contribution in [0.2, 0.25) is 0 Å². The molecule has 1 fully saturated rings. The van der Waals surface area contributed by atoms with Gasteiger partial charge in [-0.3, -0.25) is 4.79 Å². The molecular formula is C16H24N2O3S. The third kappa shape index (κ3) is 5.10. The zero-order chi connectivity index (χ0) is 16.2. The van der Waals surface area contributed by atoms with Gasteiger partial charge in [0.15, 0.2) is 0 Å². The van der Waals surface area contributed by atoms with Gasteiger partial charge in [0.1, 0.15) is 0 Å². The van der Waals surface area contributed by atoms with Crippen molar-refractivity contribution >= 4 is 15.9 Å². The molecule has 1 unspecified atom stereocenters. The van der Waals surface area contributed by atoms with E-state index >= 15 is 0 Å². The fourth-order valence-corrected chi connectivity index (χ4v) is 3.40. The summed E-state index contributed by atoms with van der Waals surface area (Å²) in [5.41, 5.74) is 1.91. The Labute approximate surface area is 132 Å². The van der Waals surface area contributed by atoms with E-state index < -0.39 is 10.0 Å². The zero-order valence-corrected chi connectivity index (χ0v) is 13.9. The molecule has 2 rings (SSSR count). The molecule has 1 saturated carbocycles. The number of nitrogens with one attached hydrogen (secondary N) is 2. The lowest BCUT2D eigenvalue weighted by atomic mass is 9.95. The topological polar surface area (TPSA) is 75.3 Å². The van der Waals surface area contributed by atoms with Crippen LogP contribution in [0.1, 0.15) is 48.0 Å². The molecule has 122 valence electrons. The molecule has 0 aliphatic heterocycles. The van der Waals surface area contributed by atoms with Crippen molar-refractivity contribution in [2.24, 2.45) is 5.92 Å². The van der Waals surface area contributed by atoms with Crippen LogP contribution < -0.4 is 10.0 Å². The van der Waals surface area contributed by atoms with Crippen molar-refractivity contribution in [2.45, 2.75) is 32.1 Å². The number of carbonyl (C=O) groups excluding carboxylic acids is 1. The number of amides is 1. The molecule has 2 atom stereocenters. The number of hydrogen-bond donors (Lipinski definition) is 2. The summed E-state index contributed by atoms with van der Waals surface area (Å²) in [4.78, 5) is 12.0. The van der Waals surface area contributed by atoms with Crippen LogP contribution >= 0.6 is 0 Å². The average molecular weight is 324 g/mol. The first-order valence-corrected chi connectivity index (χ1v) is 9.57. The molecule has 22 heavy (non-hydrogen) atoms. The molecule has 1 aromatic rings. The number of benzene rings is 1. The van der Waals surface area contributed by atoms with Crippen molar-refractivity contribution in [1.82, 2.24) is 10.0 Å². The highest BCUT2D eigenvalue weighted by atomic mass is 32.2. The van der Waals surface area contributed by atoms with Crippen LogP contribution in [-0.4, -0.2) is 33.7 Å². The number of rotatable bonds is 6. The normalized spacial score (nSPS) is 21.7. The second kappa shape index (κ2) is 7.24. The number of carbonyl (C=O) groups is 1. The van der Waals surface area contributed by atoms with Gasteiger partial charge in [0, 0.05) is 18.7 Å². The Kier molecular flexibility index (Phi) is 5.58. The second-order valence-corrected chi connectivity index (χ2v) is 7.99. The lowest BCUT2D eigenvalue weighted by Gasteiger charge is -2.11. The molecule has 0 spiro atoms. The van der Waals surface area contributed by atoms with Gasteiger partial charge in [-0.25, -0.2) is 13.1 Å². The third-order valence-corrected chi connectivity index (χ3v) is 4.84. The summed E-state index contributed by atoms with van der Waals surface area (Å²) >= 11 is 0. The van der Waals surface area contributed by atoms with Crippen LogP contribution in [-0.2, 0) is 10.0 Å². The largest absolute Gasteiger partial charge is 0.351 e. The van der Waals surface area contributed by atoms with E-state index in [1.165, 1.54) is 24.8 Å². The first-order chi connectivity index (χ1) is 10.3. The molecule has 0 bridgehead atoms. The average Bonchev–Trinajstić information content (AvgIpc) is 2.89. The van der Waals surface area contributed by atoms with Gasteiger partial charge in [0.2, 0.25) is 10.0 Å². The van der Waals surface area contributed by atoms with Gasteiger partial charge in [-0.05, 0) is 42.4 Å². The van der Waals surface area contributed by atoms with E-state index in [0.29, 0.717) is 11.5 Å². The maximum Gasteiger partial charge on any atom is 0.251 e. The van der Waals surface area contributed by atoms with Gasteiger partial charge in [0.25, 0.3) is 5.91 Å². The first kappa shape index (κ1) is 17.0. The standard InChI is InChI=1S/C16H24N2O3S/c1-12-3-4-15(11-12)13-5-7-14(8-6-13)16(19)17-9-10-18-22(2,20)21/h5-8,12,15,18H,3-4,9-11H2,1-2H3,(H,17,19)/t12?,15-/m0/s1. The van der Waals surface area contributed by atoms with Gasteiger partial charge in [-0.2, -0.15) is 0 Å². The van der Waals surface area contributed by atoms with Crippen molar-refractivity contribution in [3.63, 3.8) is 0 Å². The van der Waals surface area contributed by atoms with Crippen LogP contribution in [0.3, 0.4) is 0 Å². The minimum absolute atomic E-state index is 0.179. The van der Waals surface area contributed by atoms with Crippen molar-refractivity contribution < 1.29 is 13.2 Å². The highest BCUT2D eigenvalue weighted by Crippen LogP contribution is 2.37. The molecule has 1 aliphatic rings. The predicted octanol–water partition coefficient (Wildman–Crippen LogP) is 1.87. The van der Waals surface area contributed by atoms with Gasteiger partial charge in [0.05, 0.1) is 6.26 Å². The van der Waals surface area contributed by atoms with Gasteiger partial charge >= 0.3 is 0 Å². The maximum absolute atomic E-state index is 12.0. The minimum Gasteiger partial charge on any atom is -0.351 e. The van der Waals surface area contributed by atoms with E-state index in [2.05, 4.69) is 17.0 Å². The molecule has 0 saturated heterocycles. The molecule has 1 amide bonds. The molecule has 5 nitrogen and oxygen atoms in total. The summed E-state index contributed by atoms with van der Waals surface area (Å²) in [5, 5.41) is 2.70. The van der Waals surface area contributed by atoms with E-state index in [-0.39, 0.29) is 19.0 Å². The second-order valence-electron chi connectivity index (χ2n) is 6.16. The fourth-order valence-electron chi connectivity index (χ4n) is 2.93. The zero-order valence-electron chi connectivity index (χ0n) is 13.1. The molecule has 1 aliphatic carbocycles. The van der Waals surface area contributed by atoms with Gasteiger partial charge < -0.3 is 5.32 Å². The Balaban J connectivity index is 1.83. The Morgan fingerprint density at radius 3 is 2.41 bits per heavy atom. The van der Waals surface area contributed by atoms with Crippen molar-refractivity contribution in [1.29, 1.82) is 0 Å². The monoisotopic (exact) mass is 324 g/mol. The predicted molar refractivity (Wildman–Crippen MR) is 87.4 cm³/mol. The van der Waals surface area contributed by atoms with Crippen LogP contribution in [0.4, 0.5) is 0 Å². The quantitative estimate of drug-likeness (QED) is 0.784.